The number of nitrogens with zero attached hydrogens (tertiary/aromatic N) is 1. The highest BCUT2D eigenvalue weighted by molar-refractivity contribution is 5.90. The third-order valence-corrected chi connectivity index (χ3v) is 5.16. The number of para-hydroxylation sites is 2. The first kappa shape index (κ1) is 14.9. The highest BCUT2D eigenvalue weighted by Gasteiger charge is 2.38. The van der Waals surface area contributed by atoms with Crippen LogP contribution in [-0.4, -0.2) is 12.0 Å². The molecule has 0 amide bonds. The van der Waals surface area contributed by atoms with Crippen molar-refractivity contribution in [3.63, 3.8) is 0 Å². The maximum absolute atomic E-state index is 3.60. The number of rotatable bonds is 1. The standard InChI is InChI=1S/C22H22N2/c1-15-16(17-9-5-7-11-19(17)23-15)13-14-21-22(2,3)18-10-6-8-12-20(18)24(21)4/h5-13,23H,1-4H3. The number of anilines is 1. The van der Waals surface area contributed by atoms with Crippen molar-refractivity contribution in [2.45, 2.75) is 26.2 Å². The Morgan fingerprint density at radius 1 is 1.04 bits per heavy atom. The fourth-order valence-electron chi connectivity index (χ4n) is 3.86. The van der Waals surface area contributed by atoms with Crippen LogP contribution in [0.15, 0.2) is 60.0 Å². The van der Waals surface area contributed by atoms with E-state index < -0.39 is 0 Å². The van der Waals surface area contributed by atoms with Gasteiger partial charge in [0, 0.05) is 40.3 Å². The largest absolute Gasteiger partial charge is 0.358 e. The maximum atomic E-state index is 3.60. The normalized spacial score (nSPS) is 15.5. The summed E-state index contributed by atoms with van der Waals surface area (Å²) in [5.41, 5.74) is 11.0. The molecule has 2 nitrogen and oxygen atoms in total. The van der Waals surface area contributed by atoms with Crippen LogP contribution < -0.4 is 4.90 Å². The van der Waals surface area contributed by atoms with Crippen molar-refractivity contribution in [2.75, 3.05) is 11.9 Å². The van der Waals surface area contributed by atoms with Crippen molar-refractivity contribution < 1.29 is 0 Å². The second-order valence-electron chi connectivity index (χ2n) is 7.05. The summed E-state index contributed by atoms with van der Waals surface area (Å²) in [4.78, 5) is 5.72. The number of nitrogens with one attached hydrogen (secondary N) is 1. The summed E-state index contributed by atoms with van der Waals surface area (Å²) >= 11 is 0. The maximum Gasteiger partial charge on any atom is 0.0708 e. The SMILES string of the molecule is Cc1[nH]c2ccccc2c1C=C=C1N(C)c2ccccc2C1(C)C. The van der Waals surface area contributed by atoms with Crippen LogP contribution in [0.2, 0.25) is 0 Å². The molecular weight excluding hydrogens is 292 g/mol. The van der Waals surface area contributed by atoms with E-state index in [-0.39, 0.29) is 5.41 Å². The average molecular weight is 314 g/mol. The molecule has 120 valence electrons. The van der Waals surface area contributed by atoms with Gasteiger partial charge in [-0.15, -0.1) is 0 Å². The fourth-order valence-corrected chi connectivity index (χ4v) is 3.86. The van der Waals surface area contributed by atoms with Gasteiger partial charge in [-0.25, -0.2) is 0 Å². The van der Waals surface area contributed by atoms with Crippen LogP contribution in [0.4, 0.5) is 5.69 Å². The summed E-state index contributed by atoms with van der Waals surface area (Å²) in [6, 6.07) is 17.0. The lowest BCUT2D eigenvalue weighted by Gasteiger charge is -2.21. The van der Waals surface area contributed by atoms with E-state index in [4.69, 9.17) is 0 Å². The van der Waals surface area contributed by atoms with Gasteiger partial charge in [-0.05, 0) is 44.5 Å². The van der Waals surface area contributed by atoms with Crippen LogP contribution in [0.1, 0.15) is 30.7 Å². The van der Waals surface area contributed by atoms with Crippen LogP contribution in [-0.2, 0) is 5.41 Å². The predicted octanol–water partition coefficient (Wildman–Crippen LogP) is 5.40. The van der Waals surface area contributed by atoms with E-state index in [0.29, 0.717) is 0 Å². The van der Waals surface area contributed by atoms with Gasteiger partial charge in [-0.3, -0.25) is 0 Å². The van der Waals surface area contributed by atoms with Crippen LogP contribution in [0.25, 0.3) is 17.0 Å². The van der Waals surface area contributed by atoms with Crippen LogP contribution >= 0.6 is 0 Å². The van der Waals surface area contributed by atoms with Gasteiger partial charge in [0.2, 0.25) is 0 Å². The molecule has 0 saturated carbocycles. The summed E-state index contributed by atoms with van der Waals surface area (Å²) in [6.45, 7) is 6.66. The Hall–Kier alpha value is -2.70. The second-order valence-corrected chi connectivity index (χ2v) is 7.05. The lowest BCUT2D eigenvalue weighted by Crippen LogP contribution is -2.22. The number of likely N-dealkylation sites (N-methyl/N-ethyl adjacent to an activating group) is 1. The summed E-state index contributed by atoms with van der Waals surface area (Å²) in [5.74, 6) is 0. The third-order valence-electron chi connectivity index (χ3n) is 5.16. The van der Waals surface area contributed by atoms with Gasteiger partial charge in [0.15, 0.2) is 0 Å². The van der Waals surface area contributed by atoms with Gasteiger partial charge in [0.25, 0.3) is 0 Å². The molecule has 3 aromatic rings. The zero-order chi connectivity index (χ0) is 16.9. The van der Waals surface area contributed by atoms with E-state index in [1.54, 1.807) is 0 Å². The summed E-state index contributed by atoms with van der Waals surface area (Å²) in [5, 5.41) is 1.25. The third kappa shape index (κ3) is 2.04. The number of aromatic amines is 1. The molecule has 0 atom stereocenters. The van der Waals surface area contributed by atoms with Crippen LogP contribution in [0, 0.1) is 6.92 Å². The van der Waals surface area contributed by atoms with Crippen LogP contribution in [0.3, 0.4) is 0 Å². The number of fused-ring (bicyclic) bond motifs is 2. The van der Waals surface area contributed by atoms with E-state index >= 15 is 0 Å². The molecule has 1 aromatic heterocycles. The Kier molecular flexibility index (Phi) is 3.19. The number of benzene rings is 2. The molecule has 1 aliphatic heterocycles. The molecule has 0 bridgehead atoms. The van der Waals surface area contributed by atoms with Crippen molar-refractivity contribution in [3.8, 4) is 0 Å². The summed E-state index contributed by atoms with van der Waals surface area (Å²) < 4.78 is 0. The summed E-state index contributed by atoms with van der Waals surface area (Å²) in [6.07, 6.45) is 2.13. The quantitative estimate of drug-likeness (QED) is 0.596. The molecule has 2 heteroatoms. The van der Waals surface area contributed by atoms with Crippen molar-refractivity contribution in [3.05, 3.63) is 76.8 Å². The van der Waals surface area contributed by atoms with Crippen molar-refractivity contribution in [1.82, 2.24) is 4.98 Å². The Bertz CT molecular complexity index is 998. The van der Waals surface area contributed by atoms with Gasteiger partial charge in [0.1, 0.15) is 0 Å². The van der Waals surface area contributed by atoms with Gasteiger partial charge in [0.05, 0.1) is 5.70 Å². The van der Waals surface area contributed by atoms with Crippen LogP contribution in [0.5, 0.6) is 0 Å². The number of aryl methyl sites for hydroxylation is 1. The van der Waals surface area contributed by atoms with Crippen molar-refractivity contribution >= 4 is 22.7 Å². The smallest absolute Gasteiger partial charge is 0.0708 e. The zero-order valence-electron chi connectivity index (χ0n) is 14.6. The first-order valence-corrected chi connectivity index (χ1v) is 8.38. The first-order chi connectivity index (χ1) is 11.5. The van der Waals surface area contributed by atoms with E-state index in [1.807, 2.05) is 0 Å². The minimum atomic E-state index is -0.0398. The fraction of sp³-hybridized carbons (Fsp3) is 0.227. The number of H-pyrrole nitrogens is 1. The Morgan fingerprint density at radius 3 is 2.54 bits per heavy atom. The first-order valence-electron chi connectivity index (χ1n) is 8.38. The van der Waals surface area contributed by atoms with Gasteiger partial charge in [-0.2, -0.15) is 0 Å². The molecule has 0 radical (unpaired) electrons. The molecular formula is C22H22N2. The molecule has 1 aliphatic rings. The molecule has 0 spiro atoms. The highest BCUT2D eigenvalue weighted by atomic mass is 15.2. The molecule has 1 N–H and O–H groups in total. The predicted molar refractivity (Wildman–Crippen MR) is 102 cm³/mol. The molecule has 4 rings (SSSR count). The Labute approximate surface area is 143 Å². The molecule has 0 aliphatic carbocycles. The number of allylic oxidation sites excluding steroid dienone is 1. The number of hydrogen-bond donors (Lipinski definition) is 1. The van der Waals surface area contributed by atoms with Gasteiger partial charge < -0.3 is 9.88 Å². The molecule has 2 heterocycles. The molecule has 2 aromatic carbocycles. The number of hydrogen-bond acceptors (Lipinski definition) is 1. The minimum absolute atomic E-state index is 0.0398. The monoisotopic (exact) mass is 314 g/mol. The Balaban J connectivity index is 1.89. The highest BCUT2D eigenvalue weighted by Crippen LogP contribution is 2.46. The zero-order valence-corrected chi connectivity index (χ0v) is 14.6. The van der Waals surface area contributed by atoms with Gasteiger partial charge >= 0.3 is 0 Å². The average Bonchev–Trinajstić information content (AvgIpc) is 2.99. The minimum Gasteiger partial charge on any atom is -0.358 e. The van der Waals surface area contributed by atoms with E-state index in [1.165, 1.54) is 39.1 Å². The lowest BCUT2D eigenvalue weighted by atomic mass is 9.84. The molecule has 24 heavy (non-hydrogen) atoms. The van der Waals surface area contributed by atoms with Gasteiger partial charge in [-0.1, -0.05) is 42.1 Å². The van der Waals surface area contributed by atoms with E-state index in [0.717, 1.165) is 0 Å². The van der Waals surface area contributed by atoms with E-state index in [2.05, 4.69) is 98.0 Å². The van der Waals surface area contributed by atoms with Crippen molar-refractivity contribution in [1.29, 1.82) is 0 Å². The summed E-state index contributed by atoms with van der Waals surface area (Å²) in [7, 11) is 2.13. The molecule has 0 unspecified atom stereocenters. The Morgan fingerprint density at radius 2 is 1.75 bits per heavy atom. The van der Waals surface area contributed by atoms with E-state index in [9.17, 15) is 0 Å². The molecule has 0 saturated heterocycles. The second kappa shape index (κ2) is 5.15. The molecule has 0 fully saturated rings. The van der Waals surface area contributed by atoms with Crippen molar-refractivity contribution in [2.24, 2.45) is 0 Å². The lowest BCUT2D eigenvalue weighted by molar-refractivity contribution is 0.642. The number of aromatic nitrogens is 1. The topological polar surface area (TPSA) is 19.0 Å².